The molecule has 4 saturated heterocycles. The van der Waals surface area contributed by atoms with E-state index < -0.39 is 95.2 Å². The van der Waals surface area contributed by atoms with Gasteiger partial charge < -0.3 is 69.1 Å². The van der Waals surface area contributed by atoms with Crippen LogP contribution in [-0.4, -0.2) is 156 Å². The molecule has 19 atom stereocenters. The molecule has 0 radical (unpaired) electrons. The van der Waals surface area contributed by atoms with Crippen molar-refractivity contribution < 1.29 is 69.0 Å². The summed E-state index contributed by atoms with van der Waals surface area (Å²) in [5.74, 6) is -5.39. The molecule has 2 bridgehead atoms. The third kappa shape index (κ3) is 13.6. The average Bonchev–Trinajstić information content (AvgIpc) is 3.46. The molecule has 5 heterocycles. The molecule has 0 aromatic heterocycles. The highest BCUT2D eigenvalue weighted by Gasteiger charge is 2.57. The molecule has 4 fully saturated rings. The Balaban J connectivity index is 1.46. The Morgan fingerprint density at radius 2 is 1.57 bits per heavy atom. The first kappa shape index (κ1) is 54.4. The summed E-state index contributed by atoms with van der Waals surface area (Å²) in [5, 5.41) is 82.0. The highest BCUT2D eigenvalue weighted by molar-refractivity contribution is 5.82. The average molecular weight is 926 g/mol. The van der Waals surface area contributed by atoms with Crippen molar-refractivity contribution >= 4 is 5.97 Å². The fourth-order valence-electron chi connectivity index (χ4n) is 11.0. The summed E-state index contributed by atoms with van der Waals surface area (Å²) in [5.41, 5.74) is -4.44. The number of fused-ring (bicyclic) bond motifs is 3. The zero-order valence-corrected chi connectivity index (χ0v) is 41.3. The molecule has 0 aromatic carbocycles. The van der Waals surface area contributed by atoms with E-state index >= 15 is 0 Å². The van der Waals surface area contributed by atoms with Gasteiger partial charge in [0.25, 0.3) is 0 Å². The summed E-state index contributed by atoms with van der Waals surface area (Å²) in [7, 11) is 3.94. The number of esters is 1. The number of allylic oxidation sites excluding steroid dienone is 1. The summed E-state index contributed by atoms with van der Waals surface area (Å²) in [6.45, 7) is 16.1. The predicted octanol–water partition coefficient (Wildman–Crippen LogP) is 5.03. The molecule has 5 aliphatic rings. The first-order valence-electron chi connectivity index (χ1n) is 24.7. The largest absolute Gasteiger partial charge is 0.459 e. The second kappa shape index (κ2) is 22.0. The van der Waals surface area contributed by atoms with Crippen molar-refractivity contribution in [3.63, 3.8) is 0 Å². The number of likely N-dealkylation sites (N-methyl/N-ethyl adjacent to an activating group) is 1. The van der Waals surface area contributed by atoms with E-state index in [2.05, 4.69) is 17.9 Å². The number of nitrogens with zero attached hydrogens (tertiary/aromatic N) is 1. The van der Waals surface area contributed by atoms with E-state index in [4.69, 9.17) is 28.4 Å². The van der Waals surface area contributed by atoms with Gasteiger partial charge in [0.15, 0.2) is 17.9 Å². The molecular formula is C50H87NO14. The van der Waals surface area contributed by atoms with Gasteiger partial charge in [-0.1, -0.05) is 52.7 Å². The number of aliphatic hydroxyl groups is 7. The van der Waals surface area contributed by atoms with Crippen molar-refractivity contribution in [1.29, 1.82) is 0 Å². The monoisotopic (exact) mass is 926 g/mol. The maximum atomic E-state index is 13.8. The van der Waals surface area contributed by atoms with E-state index in [-0.39, 0.29) is 49.3 Å². The van der Waals surface area contributed by atoms with Crippen LogP contribution >= 0.6 is 0 Å². The minimum atomic E-state index is -2.08. The Bertz CT molecular complexity index is 1590. The normalized spacial score (nSPS) is 47.9. The molecule has 5 rings (SSSR count). The third-order valence-corrected chi connectivity index (χ3v) is 15.5. The summed E-state index contributed by atoms with van der Waals surface area (Å²) in [4.78, 5) is 15.9. The number of aliphatic hydroxyl groups excluding tert-OH is 4. The topological polar surface area (TPSA) is 217 Å². The SMILES string of the molecule is CC[C@H](O)C[C@@H]1O[C@@]2(CC[C@@H]1C)C[C@@H]1OC(=O)/C=C/[C@](C)(O)[C@H](O)[C@H](C)[C@H](O)[C@@H](O[C@H]3CC[C@@H](N(C)C)[C@H](C)O3)[C@H](O)[C@](C)(O)CCCCC/C=C/[C@H]3CC(C)(C)O[C@]3(O)C[C@H](O2)[C@@H]1C. The van der Waals surface area contributed by atoms with Gasteiger partial charge in [0, 0.05) is 49.1 Å². The van der Waals surface area contributed by atoms with Crippen LogP contribution < -0.4 is 0 Å². The number of hydrogen-bond donors (Lipinski definition) is 7. The van der Waals surface area contributed by atoms with Crippen LogP contribution in [-0.2, 0) is 33.2 Å². The molecule has 65 heavy (non-hydrogen) atoms. The van der Waals surface area contributed by atoms with Crippen LogP contribution in [0.5, 0.6) is 0 Å². The Morgan fingerprint density at radius 1 is 0.862 bits per heavy atom. The first-order chi connectivity index (χ1) is 30.2. The van der Waals surface area contributed by atoms with Crippen molar-refractivity contribution in [2.24, 2.45) is 23.7 Å². The quantitative estimate of drug-likeness (QED) is 0.137. The Labute approximate surface area is 388 Å². The van der Waals surface area contributed by atoms with E-state index in [0.717, 1.165) is 37.8 Å². The number of carbonyl (C=O) groups is 1. The van der Waals surface area contributed by atoms with Gasteiger partial charge in [-0.25, -0.2) is 4.79 Å². The Morgan fingerprint density at radius 3 is 2.23 bits per heavy atom. The number of carbonyl (C=O) groups excluding carboxylic acids is 1. The third-order valence-electron chi connectivity index (χ3n) is 15.5. The van der Waals surface area contributed by atoms with Crippen molar-refractivity contribution in [2.45, 2.75) is 248 Å². The fraction of sp³-hybridized carbons (Fsp3) is 0.900. The lowest BCUT2D eigenvalue weighted by Gasteiger charge is -2.52. The van der Waals surface area contributed by atoms with Crippen LogP contribution in [0.1, 0.15) is 152 Å². The van der Waals surface area contributed by atoms with Crippen LogP contribution in [0.4, 0.5) is 0 Å². The van der Waals surface area contributed by atoms with Crippen molar-refractivity contribution in [3.8, 4) is 0 Å². The van der Waals surface area contributed by atoms with Crippen molar-refractivity contribution in [1.82, 2.24) is 4.90 Å². The minimum Gasteiger partial charge on any atom is -0.459 e. The van der Waals surface area contributed by atoms with Crippen LogP contribution in [0, 0.1) is 23.7 Å². The van der Waals surface area contributed by atoms with E-state index in [9.17, 15) is 40.5 Å². The van der Waals surface area contributed by atoms with Crippen LogP contribution in [0.2, 0.25) is 0 Å². The molecule has 7 N–H and O–H groups in total. The van der Waals surface area contributed by atoms with Crippen LogP contribution in [0.15, 0.2) is 24.3 Å². The highest BCUT2D eigenvalue weighted by atomic mass is 16.7. The molecule has 15 nitrogen and oxygen atoms in total. The number of hydrogen-bond acceptors (Lipinski definition) is 15. The number of ether oxygens (including phenoxy) is 6. The standard InChI is InChI=1S/C50H87NO14/c1-12-35(52)26-37-30(2)21-25-49(63-37)28-38-31(3)39(64-49)29-50(59)34(27-46(6,7)65-50)18-16-14-13-15-17-23-47(8,57)45(56)43(62-41-20-19-36(51(10)11)33(5)60-41)42(54)32(4)44(55)48(9,58)24-22-40(53)61-38/h16,18,22,24,30-39,41-45,52,54-59H,12-15,17,19-21,23,25-29H2,1-11H3/b18-16+,24-22+/t30-,31+,32+,33-,34-,35-,36+,37-,38-,39-,41-,42-,43+,44+,45-,47+,48-,49+,50+/m0/s1. The molecule has 376 valence electrons. The maximum Gasteiger partial charge on any atom is 0.330 e. The Kier molecular flexibility index (Phi) is 18.4. The molecule has 0 aliphatic carbocycles. The van der Waals surface area contributed by atoms with Crippen LogP contribution in [0.3, 0.4) is 0 Å². The van der Waals surface area contributed by atoms with Gasteiger partial charge in [-0.2, -0.15) is 0 Å². The second-order valence-electron chi connectivity index (χ2n) is 22.0. The fourth-order valence-corrected chi connectivity index (χ4v) is 11.0. The van der Waals surface area contributed by atoms with Crippen molar-refractivity contribution in [3.05, 3.63) is 24.3 Å². The summed E-state index contributed by atoms with van der Waals surface area (Å²) in [6.07, 6.45) is 3.78. The van der Waals surface area contributed by atoms with E-state index in [1.54, 1.807) is 0 Å². The van der Waals surface area contributed by atoms with Gasteiger partial charge in [0.2, 0.25) is 0 Å². The summed E-state index contributed by atoms with van der Waals surface area (Å²) < 4.78 is 38.9. The highest BCUT2D eigenvalue weighted by Crippen LogP contribution is 2.50. The second-order valence-corrected chi connectivity index (χ2v) is 22.0. The first-order valence-corrected chi connectivity index (χ1v) is 24.7. The lowest BCUT2D eigenvalue weighted by Crippen LogP contribution is -2.59. The molecule has 0 amide bonds. The van der Waals surface area contributed by atoms with Gasteiger partial charge in [0.1, 0.15) is 23.9 Å². The van der Waals surface area contributed by atoms with Crippen LogP contribution in [0.25, 0.3) is 0 Å². The zero-order chi connectivity index (χ0) is 48.3. The minimum absolute atomic E-state index is 0.0745. The molecule has 5 aliphatic heterocycles. The van der Waals surface area contributed by atoms with E-state index in [1.807, 2.05) is 54.8 Å². The van der Waals surface area contributed by atoms with E-state index in [1.165, 1.54) is 20.8 Å². The van der Waals surface area contributed by atoms with Gasteiger partial charge in [-0.05, 0) is 118 Å². The molecule has 0 saturated carbocycles. The van der Waals surface area contributed by atoms with Gasteiger partial charge in [-0.15, -0.1) is 0 Å². The van der Waals surface area contributed by atoms with Crippen molar-refractivity contribution in [2.75, 3.05) is 14.1 Å². The smallest absolute Gasteiger partial charge is 0.330 e. The molecule has 0 unspecified atom stereocenters. The molecule has 0 aromatic rings. The van der Waals surface area contributed by atoms with Gasteiger partial charge >= 0.3 is 5.97 Å². The molecule has 1 spiro atoms. The zero-order valence-electron chi connectivity index (χ0n) is 41.3. The molecule has 15 heteroatoms. The predicted molar refractivity (Wildman–Crippen MR) is 244 cm³/mol. The lowest BCUT2D eigenvalue weighted by atomic mass is 9.79. The Hall–Kier alpha value is -1.57. The summed E-state index contributed by atoms with van der Waals surface area (Å²) in [6, 6.07) is 0.127. The van der Waals surface area contributed by atoms with Gasteiger partial charge in [-0.3, -0.25) is 0 Å². The summed E-state index contributed by atoms with van der Waals surface area (Å²) >= 11 is 0. The van der Waals surface area contributed by atoms with Gasteiger partial charge in [0.05, 0.1) is 47.8 Å². The lowest BCUT2D eigenvalue weighted by molar-refractivity contribution is -0.358. The maximum absolute atomic E-state index is 13.8. The van der Waals surface area contributed by atoms with E-state index in [0.29, 0.717) is 44.9 Å². The molecular weight excluding hydrogens is 839 g/mol. The number of rotatable bonds is 6.